The van der Waals surface area contributed by atoms with E-state index in [9.17, 15) is 8.42 Å². The van der Waals surface area contributed by atoms with Crippen molar-refractivity contribution in [1.82, 2.24) is 4.31 Å². The molecule has 2 rings (SSSR count). The van der Waals surface area contributed by atoms with Gasteiger partial charge in [-0.15, -0.1) is 6.42 Å². The van der Waals surface area contributed by atoms with Crippen LogP contribution in [-0.4, -0.2) is 25.8 Å². The van der Waals surface area contributed by atoms with E-state index >= 15 is 0 Å². The molecule has 0 saturated carbocycles. The van der Waals surface area contributed by atoms with Crippen molar-refractivity contribution < 1.29 is 8.42 Å². The number of nitrogens with zero attached hydrogens (tertiary/aromatic N) is 1. The van der Waals surface area contributed by atoms with Crippen LogP contribution in [0.15, 0.2) is 64.0 Å². The summed E-state index contributed by atoms with van der Waals surface area (Å²) in [6.45, 7) is 2.32. The number of rotatable bonds is 7. The minimum atomic E-state index is -3.58. The Kier molecular flexibility index (Phi) is 7.01. The molecule has 130 valence electrons. The Balaban J connectivity index is 2.06. The summed E-state index contributed by atoms with van der Waals surface area (Å²) in [5, 5.41) is 0. The molecule has 0 radical (unpaired) electrons. The van der Waals surface area contributed by atoms with Crippen molar-refractivity contribution in [3.63, 3.8) is 0 Å². The average molecular weight is 418 g/mol. The Hall–Kier alpha value is -1.87. The zero-order chi connectivity index (χ0) is 18.3. The van der Waals surface area contributed by atoms with Gasteiger partial charge in [0.25, 0.3) is 0 Å². The van der Waals surface area contributed by atoms with Gasteiger partial charge in [0.15, 0.2) is 0 Å². The summed E-state index contributed by atoms with van der Waals surface area (Å²) in [6, 6.07) is 14.7. The van der Waals surface area contributed by atoms with Gasteiger partial charge in [-0.05, 0) is 43.2 Å². The van der Waals surface area contributed by atoms with Crippen LogP contribution in [0.5, 0.6) is 0 Å². The lowest BCUT2D eigenvalue weighted by atomic mass is 10.2. The van der Waals surface area contributed by atoms with Gasteiger partial charge in [0.2, 0.25) is 10.0 Å². The third kappa shape index (κ3) is 5.57. The zero-order valence-electron chi connectivity index (χ0n) is 14.0. The van der Waals surface area contributed by atoms with Crippen molar-refractivity contribution in [2.75, 3.05) is 13.1 Å². The van der Waals surface area contributed by atoms with Crippen LogP contribution in [0, 0.1) is 19.3 Å². The van der Waals surface area contributed by atoms with Gasteiger partial charge in [-0.1, -0.05) is 63.8 Å². The first-order chi connectivity index (χ1) is 11.9. The first kappa shape index (κ1) is 19.5. The molecule has 3 nitrogen and oxygen atoms in total. The second kappa shape index (κ2) is 9.00. The number of halogens is 1. The molecule has 0 amide bonds. The minimum Gasteiger partial charge on any atom is -0.207 e. The normalized spacial score (nSPS) is 11.8. The van der Waals surface area contributed by atoms with Gasteiger partial charge in [0.1, 0.15) is 0 Å². The monoisotopic (exact) mass is 417 g/mol. The molecule has 5 heteroatoms. The van der Waals surface area contributed by atoms with Crippen molar-refractivity contribution in [2.45, 2.75) is 18.2 Å². The first-order valence-corrected chi connectivity index (χ1v) is 10.1. The van der Waals surface area contributed by atoms with E-state index in [4.69, 9.17) is 6.42 Å². The summed E-state index contributed by atoms with van der Waals surface area (Å²) in [5.41, 5.74) is 2.08. The summed E-state index contributed by atoms with van der Waals surface area (Å²) in [7, 11) is -3.58. The van der Waals surface area contributed by atoms with Gasteiger partial charge < -0.3 is 0 Å². The van der Waals surface area contributed by atoms with Crippen molar-refractivity contribution in [1.29, 1.82) is 0 Å². The van der Waals surface area contributed by atoms with Crippen molar-refractivity contribution in [3.05, 3.63) is 70.2 Å². The van der Waals surface area contributed by atoms with Crippen molar-refractivity contribution in [3.8, 4) is 12.3 Å². The smallest absolute Gasteiger partial charge is 0.207 e. The molecule has 0 bridgehead atoms. The van der Waals surface area contributed by atoms with Gasteiger partial charge in [0, 0.05) is 11.0 Å². The third-order valence-corrected chi connectivity index (χ3v) is 6.04. The van der Waals surface area contributed by atoms with E-state index in [0.717, 1.165) is 15.6 Å². The Morgan fingerprint density at radius 3 is 2.36 bits per heavy atom. The SMILES string of the molecule is C#CCN(CC/C=C/c1ccc(Br)cc1)S(=O)(=O)c1ccc(C)cc1. The zero-order valence-corrected chi connectivity index (χ0v) is 16.4. The van der Waals surface area contributed by atoms with E-state index in [1.165, 1.54) is 4.31 Å². The van der Waals surface area contributed by atoms with Crippen LogP contribution in [0.25, 0.3) is 6.08 Å². The van der Waals surface area contributed by atoms with E-state index in [1.54, 1.807) is 24.3 Å². The van der Waals surface area contributed by atoms with Crippen LogP contribution < -0.4 is 0 Å². The molecule has 0 aliphatic rings. The maximum absolute atomic E-state index is 12.7. The lowest BCUT2D eigenvalue weighted by Crippen LogP contribution is -2.32. The summed E-state index contributed by atoms with van der Waals surface area (Å²) < 4.78 is 27.8. The molecule has 0 aliphatic heterocycles. The second-order valence-corrected chi connectivity index (χ2v) is 8.45. The highest BCUT2D eigenvalue weighted by molar-refractivity contribution is 9.10. The van der Waals surface area contributed by atoms with E-state index in [-0.39, 0.29) is 11.4 Å². The number of hydrogen-bond acceptors (Lipinski definition) is 2. The number of hydrogen-bond donors (Lipinski definition) is 0. The van der Waals surface area contributed by atoms with Gasteiger partial charge in [-0.2, -0.15) is 4.31 Å². The predicted molar refractivity (Wildman–Crippen MR) is 107 cm³/mol. The molecule has 25 heavy (non-hydrogen) atoms. The topological polar surface area (TPSA) is 37.4 Å². The van der Waals surface area contributed by atoms with Crippen LogP contribution in [0.1, 0.15) is 17.5 Å². The lowest BCUT2D eigenvalue weighted by molar-refractivity contribution is 0.452. The van der Waals surface area contributed by atoms with Crippen LogP contribution in [-0.2, 0) is 10.0 Å². The molecule has 0 saturated heterocycles. The molecule has 2 aromatic carbocycles. The van der Waals surface area contributed by atoms with Crippen LogP contribution in [0.2, 0.25) is 0 Å². The molecule has 0 spiro atoms. The highest BCUT2D eigenvalue weighted by Gasteiger charge is 2.22. The van der Waals surface area contributed by atoms with E-state index in [1.807, 2.05) is 43.3 Å². The maximum atomic E-state index is 12.7. The van der Waals surface area contributed by atoms with E-state index in [0.29, 0.717) is 13.0 Å². The van der Waals surface area contributed by atoms with Gasteiger partial charge in [-0.3, -0.25) is 0 Å². The quantitative estimate of drug-likeness (QED) is 0.622. The van der Waals surface area contributed by atoms with Crippen molar-refractivity contribution >= 4 is 32.0 Å². The lowest BCUT2D eigenvalue weighted by Gasteiger charge is -2.19. The first-order valence-electron chi connectivity index (χ1n) is 7.86. The highest BCUT2D eigenvalue weighted by atomic mass is 79.9. The molecule has 0 atom stereocenters. The third-order valence-electron chi connectivity index (χ3n) is 3.65. The van der Waals surface area contributed by atoms with Crippen molar-refractivity contribution in [2.24, 2.45) is 0 Å². The summed E-state index contributed by atoms with van der Waals surface area (Å²) in [6.07, 6.45) is 9.87. The molecular weight excluding hydrogens is 398 g/mol. The molecule has 0 aromatic heterocycles. The molecular formula is C20H20BrNO2S. The standard InChI is InChI=1S/C20H20BrNO2S/c1-3-15-22(25(23,24)20-13-7-17(2)8-14-20)16-5-4-6-18-9-11-19(21)12-10-18/h1,4,6-14H,5,15-16H2,2H3/b6-4+. The van der Waals surface area contributed by atoms with Crippen LogP contribution in [0.4, 0.5) is 0 Å². The second-order valence-electron chi connectivity index (χ2n) is 5.60. The number of benzene rings is 2. The van der Waals surface area contributed by atoms with Gasteiger partial charge >= 0.3 is 0 Å². The maximum Gasteiger partial charge on any atom is 0.243 e. The predicted octanol–water partition coefficient (Wildman–Crippen LogP) is 4.48. The van der Waals surface area contributed by atoms with E-state index in [2.05, 4.69) is 21.9 Å². The van der Waals surface area contributed by atoms with E-state index < -0.39 is 10.0 Å². The largest absolute Gasteiger partial charge is 0.243 e. The summed E-state index contributed by atoms with van der Waals surface area (Å²) in [4.78, 5) is 0.269. The van der Waals surface area contributed by atoms with Crippen LogP contribution in [0.3, 0.4) is 0 Å². The fraction of sp³-hybridized carbons (Fsp3) is 0.200. The average Bonchev–Trinajstić information content (AvgIpc) is 2.59. The highest BCUT2D eigenvalue weighted by Crippen LogP contribution is 2.17. The minimum absolute atomic E-state index is 0.0579. The molecule has 0 unspecified atom stereocenters. The Morgan fingerprint density at radius 1 is 1.12 bits per heavy atom. The fourth-order valence-electron chi connectivity index (χ4n) is 2.26. The number of sulfonamides is 1. The van der Waals surface area contributed by atoms with Crippen LogP contribution >= 0.6 is 15.9 Å². The number of terminal acetylenes is 1. The Morgan fingerprint density at radius 2 is 1.76 bits per heavy atom. The fourth-order valence-corrected chi connectivity index (χ4v) is 3.89. The molecule has 0 fully saturated rings. The molecule has 0 heterocycles. The van der Waals surface area contributed by atoms with Gasteiger partial charge in [0.05, 0.1) is 11.4 Å². The molecule has 0 N–H and O–H groups in total. The summed E-state index contributed by atoms with van der Waals surface area (Å²) >= 11 is 3.40. The number of aryl methyl sites for hydroxylation is 1. The molecule has 0 aliphatic carbocycles. The Bertz CT molecular complexity index is 863. The molecule has 2 aromatic rings. The summed E-state index contributed by atoms with van der Waals surface area (Å²) in [5.74, 6) is 2.44. The Labute approximate surface area is 158 Å². The van der Waals surface area contributed by atoms with Gasteiger partial charge in [-0.25, -0.2) is 8.42 Å².